The van der Waals surface area contributed by atoms with E-state index in [9.17, 15) is 4.79 Å². The van der Waals surface area contributed by atoms with Crippen LogP contribution in [0.15, 0.2) is 48.1 Å². The van der Waals surface area contributed by atoms with Crippen molar-refractivity contribution in [3.05, 3.63) is 64.8 Å². The maximum absolute atomic E-state index is 12.3. The maximum atomic E-state index is 12.3. The van der Waals surface area contributed by atoms with E-state index in [0.717, 1.165) is 22.3 Å². The minimum absolute atomic E-state index is 0.172. The van der Waals surface area contributed by atoms with Crippen LogP contribution in [0.3, 0.4) is 0 Å². The summed E-state index contributed by atoms with van der Waals surface area (Å²) in [7, 11) is 0. The number of fused-ring (bicyclic) bond motifs is 3. The van der Waals surface area contributed by atoms with Gasteiger partial charge in [0.25, 0.3) is 0 Å². The Kier molecular flexibility index (Phi) is 2.15. The molecule has 1 atom stereocenters. The zero-order chi connectivity index (χ0) is 12.0. The van der Waals surface area contributed by atoms with Crippen LogP contribution in [0, 0.1) is 12.8 Å². The van der Waals surface area contributed by atoms with Gasteiger partial charge < -0.3 is 0 Å². The van der Waals surface area contributed by atoms with Crippen LogP contribution in [-0.2, 0) is 0 Å². The van der Waals surface area contributed by atoms with Gasteiger partial charge >= 0.3 is 0 Å². The van der Waals surface area contributed by atoms with Gasteiger partial charge in [-0.1, -0.05) is 49.4 Å². The molecule has 0 aromatic heterocycles. The molecule has 0 fully saturated rings. The van der Waals surface area contributed by atoms with Gasteiger partial charge in [-0.15, -0.1) is 0 Å². The molecule has 1 heteroatoms. The Morgan fingerprint density at radius 3 is 2.82 bits per heavy atom. The molecular formula is C16H14O. The molecule has 2 aliphatic rings. The molecule has 0 heterocycles. The molecule has 17 heavy (non-hydrogen) atoms. The van der Waals surface area contributed by atoms with Crippen LogP contribution < -0.4 is 0 Å². The summed E-state index contributed by atoms with van der Waals surface area (Å²) >= 11 is 0. The first kappa shape index (κ1) is 10.3. The normalized spacial score (nSPS) is 21.5. The quantitative estimate of drug-likeness (QED) is 0.654. The number of ketones is 1. The van der Waals surface area contributed by atoms with Crippen LogP contribution in [0.2, 0.25) is 0 Å². The second-order valence-electron chi connectivity index (χ2n) is 4.73. The minimum atomic E-state index is 0.172. The van der Waals surface area contributed by atoms with Crippen molar-refractivity contribution in [1.29, 1.82) is 0 Å². The van der Waals surface area contributed by atoms with Gasteiger partial charge in [0.15, 0.2) is 5.78 Å². The fourth-order valence-corrected chi connectivity index (χ4v) is 2.60. The molecule has 3 rings (SSSR count). The monoisotopic (exact) mass is 222 g/mol. The van der Waals surface area contributed by atoms with Gasteiger partial charge in [0.05, 0.1) is 0 Å². The highest BCUT2D eigenvalue weighted by Crippen LogP contribution is 2.40. The smallest absolute Gasteiger partial charge is 0.193 e. The minimum Gasteiger partial charge on any atom is -0.289 e. The zero-order valence-electron chi connectivity index (χ0n) is 10.0. The van der Waals surface area contributed by atoms with Crippen molar-refractivity contribution in [3.8, 4) is 0 Å². The summed E-state index contributed by atoms with van der Waals surface area (Å²) in [6.45, 7) is 4.16. The molecule has 0 spiro atoms. The summed E-state index contributed by atoms with van der Waals surface area (Å²) in [5.41, 5.74) is 5.09. The lowest BCUT2D eigenvalue weighted by molar-refractivity contribution is 0.104. The van der Waals surface area contributed by atoms with E-state index in [-0.39, 0.29) is 5.78 Å². The van der Waals surface area contributed by atoms with E-state index in [4.69, 9.17) is 0 Å². The first-order valence-corrected chi connectivity index (χ1v) is 5.94. The average molecular weight is 222 g/mol. The topological polar surface area (TPSA) is 17.1 Å². The number of rotatable bonds is 0. The number of hydrogen-bond donors (Lipinski definition) is 0. The Morgan fingerprint density at radius 1 is 1.18 bits per heavy atom. The van der Waals surface area contributed by atoms with Gasteiger partial charge in [0, 0.05) is 11.1 Å². The molecule has 0 amide bonds. The van der Waals surface area contributed by atoms with Crippen molar-refractivity contribution in [2.24, 2.45) is 5.92 Å². The molecular weight excluding hydrogens is 208 g/mol. The lowest BCUT2D eigenvalue weighted by Crippen LogP contribution is -1.96. The van der Waals surface area contributed by atoms with E-state index in [2.05, 4.69) is 44.2 Å². The molecule has 1 nitrogen and oxygen atoms in total. The fourth-order valence-electron chi connectivity index (χ4n) is 2.60. The third kappa shape index (κ3) is 1.42. The molecule has 0 N–H and O–H groups in total. The molecule has 0 saturated carbocycles. The van der Waals surface area contributed by atoms with Crippen molar-refractivity contribution in [2.75, 3.05) is 0 Å². The molecule has 84 valence electrons. The summed E-state index contributed by atoms with van der Waals surface area (Å²) in [6.07, 6.45) is 8.30. The number of carbonyl (C=O) groups is 1. The molecule has 1 unspecified atom stereocenters. The van der Waals surface area contributed by atoms with Crippen LogP contribution >= 0.6 is 0 Å². The van der Waals surface area contributed by atoms with Crippen molar-refractivity contribution in [3.63, 3.8) is 0 Å². The number of hydrogen-bond acceptors (Lipinski definition) is 1. The molecule has 1 aromatic carbocycles. The van der Waals surface area contributed by atoms with Crippen LogP contribution in [-0.4, -0.2) is 5.78 Å². The first-order valence-electron chi connectivity index (χ1n) is 5.94. The fraction of sp³-hybridized carbons (Fsp3) is 0.188. The maximum Gasteiger partial charge on any atom is 0.193 e. The molecule has 0 radical (unpaired) electrons. The Bertz CT molecular complexity index is 600. The highest BCUT2D eigenvalue weighted by molar-refractivity contribution is 6.27. The van der Waals surface area contributed by atoms with E-state index in [0.29, 0.717) is 5.92 Å². The zero-order valence-corrected chi connectivity index (χ0v) is 10.0. The standard InChI is InChI=1S/C16H14O/c1-10-5-3-7-12-14(9-10)16(17)13-8-4-6-11(2)15(12)13/h3-10H,1-2H3. The van der Waals surface area contributed by atoms with E-state index in [1.807, 2.05) is 12.1 Å². The number of benzene rings is 1. The van der Waals surface area contributed by atoms with E-state index < -0.39 is 0 Å². The number of allylic oxidation sites excluding steroid dienone is 6. The third-order valence-corrected chi connectivity index (χ3v) is 3.43. The number of aryl methyl sites for hydroxylation is 1. The molecule has 0 aliphatic heterocycles. The molecule has 0 saturated heterocycles. The molecule has 0 bridgehead atoms. The summed E-state index contributed by atoms with van der Waals surface area (Å²) < 4.78 is 0. The summed E-state index contributed by atoms with van der Waals surface area (Å²) in [6, 6.07) is 5.95. The number of Topliss-reactive ketones (excluding diaryl/α,β-unsaturated/α-hetero) is 1. The van der Waals surface area contributed by atoms with Crippen LogP contribution in [0.5, 0.6) is 0 Å². The highest BCUT2D eigenvalue weighted by Gasteiger charge is 2.30. The lowest BCUT2D eigenvalue weighted by atomic mass is 10.00. The molecule has 2 aliphatic carbocycles. The van der Waals surface area contributed by atoms with E-state index in [1.165, 1.54) is 5.56 Å². The highest BCUT2D eigenvalue weighted by atomic mass is 16.1. The van der Waals surface area contributed by atoms with Gasteiger partial charge in [-0.3, -0.25) is 4.79 Å². The SMILES string of the molecule is Cc1cccc2c1C1=CC=CC(C)C=C1C2=O. The second kappa shape index (κ2) is 3.56. The van der Waals surface area contributed by atoms with Crippen molar-refractivity contribution in [2.45, 2.75) is 13.8 Å². The van der Waals surface area contributed by atoms with Crippen LogP contribution in [0.1, 0.15) is 28.4 Å². The van der Waals surface area contributed by atoms with Crippen LogP contribution in [0.4, 0.5) is 0 Å². The second-order valence-corrected chi connectivity index (χ2v) is 4.73. The Balaban J connectivity index is 2.32. The van der Waals surface area contributed by atoms with E-state index >= 15 is 0 Å². The summed E-state index contributed by atoms with van der Waals surface area (Å²) in [5, 5.41) is 0. The summed E-state index contributed by atoms with van der Waals surface area (Å²) in [4.78, 5) is 12.3. The first-order chi connectivity index (χ1) is 8.18. The van der Waals surface area contributed by atoms with Crippen molar-refractivity contribution in [1.82, 2.24) is 0 Å². The Morgan fingerprint density at radius 2 is 2.00 bits per heavy atom. The lowest BCUT2D eigenvalue weighted by Gasteiger charge is -2.03. The largest absolute Gasteiger partial charge is 0.289 e. The third-order valence-electron chi connectivity index (χ3n) is 3.43. The Labute approximate surface area is 101 Å². The number of carbonyl (C=O) groups excluding carboxylic acids is 1. The van der Waals surface area contributed by atoms with Crippen molar-refractivity contribution < 1.29 is 4.79 Å². The predicted molar refractivity (Wildman–Crippen MR) is 69.9 cm³/mol. The summed E-state index contributed by atoms with van der Waals surface area (Å²) in [5.74, 6) is 0.489. The van der Waals surface area contributed by atoms with Crippen molar-refractivity contribution >= 4 is 11.4 Å². The predicted octanol–water partition coefficient (Wildman–Crippen LogP) is 3.71. The van der Waals surface area contributed by atoms with Crippen LogP contribution in [0.25, 0.3) is 5.57 Å². The molecule has 1 aromatic rings. The Hall–Kier alpha value is -1.89. The van der Waals surface area contributed by atoms with Gasteiger partial charge in [0.2, 0.25) is 0 Å². The van der Waals surface area contributed by atoms with Gasteiger partial charge in [-0.05, 0) is 29.5 Å². The van der Waals surface area contributed by atoms with Gasteiger partial charge in [0.1, 0.15) is 0 Å². The van der Waals surface area contributed by atoms with Gasteiger partial charge in [-0.25, -0.2) is 0 Å². The average Bonchev–Trinajstić information content (AvgIpc) is 2.48. The van der Waals surface area contributed by atoms with E-state index in [1.54, 1.807) is 0 Å². The van der Waals surface area contributed by atoms with Gasteiger partial charge in [-0.2, -0.15) is 0 Å².